The lowest BCUT2D eigenvalue weighted by Crippen LogP contribution is -2.57. The zero-order valence-corrected chi connectivity index (χ0v) is 21.2. The Morgan fingerprint density at radius 1 is 0.556 bits per heavy atom. The van der Waals surface area contributed by atoms with Crippen LogP contribution >= 0.6 is 0 Å². The van der Waals surface area contributed by atoms with Crippen molar-refractivity contribution in [2.75, 3.05) is 9.80 Å². The highest BCUT2D eigenvalue weighted by Crippen LogP contribution is 2.60. The number of rotatable bonds is 4. The zero-order valence-electron chi connectivity index (χ0n) is 21.2. The molecule has 0 N–H and O–H groups in total. The van der Waals surface area contributed by atoms with Gasteiger partial charge in [0.2, 0.25) is 13.3 Å². The van der Waals surface area contributed by atoms with Gasteiger partial charge in [0, 0.05) is 35.9 Å². The van der Waals surface area contributed by atoms with Crippen LogP contribution in [0.3, 0.4) is 0 Å². The molecule has 0 aromatic carbocycles. The minimum Gasteiger partial charge on any atom is -0.340 e. The molecule has 11 rings (SSSR count). The first-order chi connectivity index (χ1) is 17.6. The van der Waals surface area contributed by atoms with Crippen LogP contribution in [0.4, 0.5) is 11.6 Å². The molecule has 2 aliphatic heterocycles. The van der Waals surface area contributed by atoms with Gasteiger partial charge in [0.15, 0.2) is 0 Å². The molecule has 186 valence electrons. The lowest BCUT2D eigenvalue weighted by Gasteiger charge is -2.59. The topological polar surface area (TPSA) is 25.9 Å². The Labute approximate surface area is 216 Å². The average Bonchev–Trinajstić information content (AvgIpc) is 3.54. The Kier molecular flexibility index (Phi) is 4.18. The van der Waals surface area contributed by atoms with E-state index in [4.69, 9.17) is 4.98 Å². The van der Waals surface area contributed by atoms with Crippen molar-refractivity contribution in [3.05, 3.63) is 56.3 Å². The second-order valence-electron chi connectivity index (χ2n) is 13.9. The van der Waals surface area contributed by atoms with E-state index in [0.29, 0.717) is 11.1 Å². The van der Waals surface area contributed by atoms with Crippen molar-refractivity contribution in [2.45, 2.75) is 88.1 Å². The third-order valence-electron chi connectivity index (χ3n) is 11.4. The summed E-state index contributed by atoms with van der Waals surface area (Å²) in [5.41, 5.74) is 0.602. The maximum absolute atomic E-state index is 5.07. The summed E-state index contributed by atoms with van der Waals surface area (Å²) in [4.78, 5) is 14.2. The SMILES string of the molecule is [C]1N(c2cccc(N3[C]N(C45CC6CC(CC(C6)C4)C5)C=C3)n2)C=CN1C12CC3CC(CC(C3)C1)C2. The Morgan fingerprint density at radius 2 is 0.917 bits per heavy atom. The van der Waals surface area contributed by atoms with Crippen LogP contribution in [0.5, 0.6) is 0 Å². The molecule has 5 nitrogen and oxygen atoms in total. The van der Waals surface area contributed by atoms with Crippen LogP contribution < -0.4 is 9.80 Å². The molecular weight excluding hydrogens is 442 g/mol. The monoisotopic (exact) mass is 479 g/mol. The standard InChI is InChI=1S/C31H37N5/c1-2-28(33-4-6-35(20-33)30-14-22-8-23(15-30)10-24(9-22)16-30)32-29(3-1)34-5-7-36(21-34)31-17-25-11-26(18-31)13-27(12-25)19-31/h1-7,22-27H,8-19H2. The third-order valence-corrected chi connectivity index (χ3v) is 11.4. The van der Waals surface area contributed by atoms with Gasteiger partial charge in [-0.25, -0.2) is 4.98 Å². The van der Waals surface area contributed by atoms with E-state index in [1.165, 1.54) is 77.0 Å². The molecule has 0 unspecified atom stereocenters. The van der Waals surface area contributed by atoms with Crippen molar-refractivity contribution in [1.82, 2.24) is 14.8 Å². The predicted octanol–water partition coefficient (Wildman–Crippen LogP) is 6.20. The molecule has 10 aliphatic rings. The number of hydrogen-bond acceptors (Lipinski definition) is 5. The Hall–Kier alpha value is -2.17. The smallest absolute Gasteiger partial charge is 0.214 e. The molecule has 8 bridgehead atoms. The number of nitrogens with zero attached hydrogens (tertiary/aromatic N) is 5. The van der Waals surface area contributed by atoms with E-state index in [1.54, 1.807) is 0 Å². The maximum atomic E-state index is 5.07. The van der Waals surface area contributed by atoms with Gasteiger partial charge in [0.1, 0.15) is 11.6 Å². The van der Waals surface area contributed by atoms with Gasteiger partial charge >= 0.3 is 0 Å². The minimum absolute atomic E-state index is 0.301. The van der Waals surface area contributed by atoms with Crippen molar-refractivity contribution >= 4 is 11.6 Å². The van der Waals surface area contributed by atoms with Crippen molar-refractivity contribution in [2.24, 2.45) is 35.5 Å². The summed E-state index contributed by atoms with van der Waals surface area (Å²) in [5.74, 6) is 7.51. The second-order valence-corrected chi connectivity index (χ2v) is 13.9. The van der Waals surface area contributed by atoms with Crippen LogP contribution in [0.25, 0.3) is 0 Å². The predicted molar refractivity (Wildman–Crippen MR) is 139 cm³/mol. The van der Waals surface area contributed by atoms with E-state index >= 15 is 0 Å². The first kappa shape index (κ1) is 20.8. The van der Waals surface area contributed by atoms with Gasteiger partial charge in [-0.05, 0) is 125 Å². The van der Waals surface area contributed by atoms with Crippen molar-refractivity contribution < 1.29 is 0 Å². The highest BCUT2D eigenvalue weighted by Gasteiger charge is 2.55. The van der Waals surface area contributed by atoms with Gasteiger partial charge in [0.05, 0.1) is 0 Å². The first-order valence-electron chi connectivity index (χ1n) is 14.6. The van der Waals surface area contributed by atoms with Crippen LogP contribution in [-0.2, 0) is 0 Å². The lowest BCUT2D eigenvalue weighted by atomic mass is 9.52. The van der Waals surface area contributed by atoms with Crippen molar-refractivity contribution in [3.8, 4) is 0 Å². The molecule has 0 atom stereocenters. The summed E-state index contributed by atoms with van der Waals surface area (Å²) in [7, 11) is 0. The number of pyridine rings is 1. The van der Waals surface area contributed by atoms with Gasteiger partial charge < -0.3 is 9.80 Å². The summed E-state index contributed by atoms with van der Waals surface area (Å²) in [6.07, 6.45) is 25.8. The van der Waals surface area contributed by atoms with E-state index in [2.05, 4.69) is 75.9 Å². The second kappa shape index (κ2) is 7.23. The van der Waals surface area contributed by atoms with E-state index in [0.717, 1.165) is 47.1 Å². The normalized spacial score (nSPS) is 45.7. The molecule has 4 radical (unpaired) electrons. The fourth-order valence-electron chi connectivity index (χ4n) is 10.8. The van der Waals surface area contributed by atoms with Crippen LogP contribution in [0.1, 0.15) is 77.0 Å². The average molecular weight is 480 g/mol. The molecule has 1 aromatic heterocycles. The molecule has 8 fully saturated rings. The van der Waals surface area contributed by atoms with Gasteiger partial charge in [0.25, 0.3) is 0 Å². The number of anilines is 2. The van der Waals surface area contributed by atoms with E-state index in [9.17, 15) is 0 Å². The van der Waals surface area contributed by atoms with Crippen molar-refractivity contribution in [3.63, 3.8) is 0 Å². The third kappa shape index (κ3) is 3.04. The Bertz CT molecular complexity index is 968. The van der Waals surface area contributed by atoms with Crippen LogP contribution in [0, 0.1) is 48.8 Å². The summed E-state index contributed by atoms with van der Waals surface area (Å²) >= 11 is 0. The zero-order chi connectivity index (χ0) is 23.5. The van der Waals surface area contributed by atoms with Crippen molar-refractivity contribution in [1.29, 1.82) is 0 Å². The highest BCUT2D eigenvalue weighted by atomic mass is 15.4. The number of aromatic nitrogens is 1. The molecule has 0 amide bonds. The van der Waals surface area contributed by atoms with Gasteiger partial charge in [-0.1, -0.05) is 6.07 Å². The maximum Gasteiger partial charge on any atom is 0.214 e. The molecule has 0 spiro atoms. The summed E-state index contributed by atoms with van der Waals surface area (Å²) in [6.45, 7) is 7.41. The van der Waals surface area contributed by atoms with Crippen LogP contribution in [0.15, 0.2) is 43.0 Å². The van der Waals surface area contributed by atoms with Gasteiger partial charge in [-0.2, -0.15) is 0 Å². The van der Waals surface area contributed by atoms with E-state index in [-0.39, 0.29) is 0 Å². The first-order valence-corrected chi connectivity index (χ1v) is 14.6. The molecule has 3 heterocycles. The van der Waals surface area contributed by atoms with E-state index in [1.807, 2.05) is 0 Å². The quantitative estimate of drug-likeness (QED) is 0.512. The van der Waals surface area contributed by atoms with Gasteiger partial charge in [-0.15, -0.1) is 0 Å². The van der Waals surface area contributed by atoms with Gasteiger partial charge in [-0.3, -0.25) is 9.80 Å². The summed E-state index contributed by atoms with van der Waals surface area (Å²) in [6, 6.07) is 6.35. The minimum atomic E-state index is 0.301. The summed E-state index contributed by atoms with van der Waals surface area (Å²) < 4.78 is 0. The van der Waals surface area contributed by atoms with E-state index < -0.39 is 0 Å². The molecular formula is C31H37N5. The number of hydrogen-bond donors (Lipinski definition) is 0. The summed E-state index contributed by atoms with van der Waals surface area (Å²) in [5, 5.41) is 0. The molecule has 0 saturated heterocycles. The molecule has 36 heavy (non-hydrogen) atoms. The lowest BCUT2D eigenvalue weighted by molar-refractivity contribution is -0.0595. The molecule has 5 heteroatoms. The molecule has 1 aromatic rings. The fraction of sp³-hybridized carbons (Fsp3) is 0.645. The molecule has 8 saturated carbocycles. The Balaban J connectivity index is 0.911. The largest absolute Gasteiger partial charge is 0.340 e. The Morgan fingerprint density at radius 3 is 1.28 bits per heavy atom. The fourth-order valence-corrected chi connectivity index (χ4v) is 10.8. The van der Waals surface area contributed by atoms with Crippen LogP contribution in [-0.4, -0.2) is 25.9 Å². The van der Waals surface area contributed by atoms with Crippen LogP contribution in [0.2, 0.25) is 0 Å². The highest BCUT2D eigenvalue weighted by molar-refractivity contribution is 5.55. The molecule has 8 aliphatic carbocycles.